The standard InChI is InChI=1S/C6H14N/c1-4-6-5-7(6,2)3/h6H,4-5H2,1-3H3/q+1/t6-/m0/s1. The van der Waals surface area contributed by atoms with Crippen LogP contribution in [0.1, 0.15) is 13.3 Å². The zero-order chi connectivity index (χ0) is 5.49. The van der Waals surface area contributed by atoms with Crippen molar-refractivity contribution in [2.75, 3.05) is 20.6 Å². The Labute approximate surface area is 45.5 Å². The van der Waals surface area contributed by atoms with Crippen LogP contribution in [0.2, 0.25) is 0 Å². The van der Waals surface area contributed by atoms with E-state index in [0.717, 1.165) is 6.04 Å². The maximum Gasteiger partial charge on any atom is 0.138 e. The number of hydrogen-bond donors (Lipinski definition) is 0. The quantitative estimate of drug-likeness (QED) is 0.338. The van der Waals surface area contributed by atoms with E-state index in [1.54, 1.807) is 0 Å². The Kier molecular flexibility index (Phi) is 0.890. The topological polar surface area (TPSA) is 0 Å². The van der Waals surface area contributed by atoms with Crippen molar-refractivity contribution in [3.05, 3.63) is 0 Å². The van der Waals surface area contributed by atoms with Gasteiger partial charge in [-0.05, 0) is 0 Å². The highest BCUT2D eigenvalue weighted by molar-refractivity contribution is 4.67. The molecule has 1 fully saturated rings. The highest BCUT2D eigenvalue weighted by Gasteiger charge is 2.45. The summed E-state index contributed by atoms with van der Waals surface area (Å²) in [7, 11) is 4.57. The Hall–Kier alpha value is -0.0400. The summed E-state index contributed by atoms with van der Waals surface area (Å²) in [5.41, 5.74) is 0. The fraction of sp³-hybridized carbons (Fsp3) is 1.00. The molecule has 0 saturated carbocycles. The highest BCUT2D eigenvalue weighted by Crippen LogP contribution is 2.26. The minimum atomic E-state index is 0.986. The molecule has 1 saturated heterocycles. The Morgan fingerprint density at radius 2 is 2.00 bits per heavy atom. The monoisotopic (exact) mass is 100 g/mol. The minimum Gasteiger partial charge on any atom is -0.316 e. The zero-order valence-corrected chi connectivity index (χ0v) is 5.44. The maximum atomic E-state index is 2.29. The van der Waals surface area contributed by atoms with Crippen molar-refractivity contribution in [3.63, 3.8) is 0 Å². The van der Waals surface area contributed by atoms with Crippen LogP contribution in [-0.2, 0) is 0 Å². The van der Waals surface area contributed by atoms with E-state index in [2.05, 4.69) is 21.0 Å². The molecule has 0 radical (unpaired) electrons. The molecule has 1 heterocycles. The van der Waals surface area contributed by atoms with Crippen LogP contribution in [0.15, 0.2) is 0 Å². The summed E-state index contributed by atoms with van der Waals surface area (Å²) in [6.45, 7) is 3.66. The molecule has 0 spiro atoms. The van der Waals surface area contributed by atoms with Gasteiger partial charge in [-0.2, -0.15) is 0 Å². The van der Waals surface area contributed by atoms with Crippen LogP contribution in [0, 0.1) is 0 Å². The summed E-state index contributed by atoms with van der Waals surface area (Å²) >= 11 is 0. The predicted octanol–water partition coefficient (Wildman–Crippen LogP) is 0.855. The first kappa shape index (κ1) is 5.10. The zero-order valence-electron chi connectivity index (χ0n) is 5.44. The molecule has 1 aliphatic heterocycles. The second-order valence-electron chi connectivity index (χ2n) is 3.02. The molecule has 0 bridgehead atoms. The lowest BCUT2D eigenvalue weighted by atomic mass is 10.4. The molecule has 1 nitrogen and oxygen atoms in total. The Balaban J connectivity index is 2.30. The predicted molar refractivity (Wildman–Crippen MR) is 31.1 cm³/mol. The van der Waals surface area contributed by atoms with Crippen molar-refractivity contribution in [3.8, 4) is 0 Å². The largest absolute Gasteiger partial charge is 0.316 e. The smallest absolute Gasteiger partial charge is 0.138 e. The lowest BCUT2D eigenvalue weighted by Gasteiger charge is -2.02. The number of nitrogens with zero attached hydrogens (tertiary/aromatic N) is 1. The van der Waals surface area contributed by atoms with Gasteiger partial charge in [0.1, 0.15) is 12.6 Å². The third-order valence-electron chi connectivity index (χ3n) is 2.01. The highest BCUT2D eigenvalue weighted by atomic mass is 15.5. The molecule has 0 N–H and O–H groups in total. The van der Waals surface area contributed by atoms with Gasteiger partial charge in [0.2, 0.25) is 0 Å². The van der Waals surface area contributed by atoms with Crippen molar-refractivity contribution < 1.29 is 4.48 Å². The van der Waals surface area contributed by atoms with Gasteiger partial charge >= 0.3 is 0 Å². The molecule has 0 aromatic rings. The third-order valence-corrected chi connectivity index (χ3v) is 2.01. The molecule has 1 heteroatoms. The molecule has 42 valence electrons. The lowest BCUT2D eigenvalue weighted by Crippen LogP contribution is -2.15. The number of hydrogen-bond acceptors (Lipinski definition) is 0. The summed E-state index contributed by atoms with van der Waals surface area (Å²) < 4.78 is 1.26. The van der Waals surface area contributed by atoms with E-state index < -0.39 is 0 Å². The molecule has 7 heavy (non-hydrogen) atoms. The average molecular weight is 100 g/mol. The van der Waals surface area contributed by atoms with Crippen LogP contribution in [-0.4, -0.2) is 31.2 Å². The van der Waals surface area contributed by atoms with Gasteiger partial charge in [-0.25, -0.2) is 0 Å². The second-order valence-corrected chi connectivity index (χ2v) is 3.02. The van der Waals surface area contributed by atoms with Gasteiger partial charge in [-0.1, -0.05) is 6.92 Å². The molecule has 0 aromatic carbocycles. The third kappa shape index (κ3) is 0.778. The summed E-state index contributed by atoms with van der Waals surface area (Å²) in [5.74, 6) is 0. The molecular weight excluding hydrogens is 86.1 g/mol. The summed E-state index contributed by atoms with van der Waals surface area (Å²) in [5, 5.41) is 0. The molecular formula is C6H14N+. The van der Waals surface area contributed by atoms with Crippen molar-refractivity contribution >= 4 is 0 Å². The van der Waals surface area contributed by atoms with Crippen LogP contribution < -0.4 is 0 Å². The van der Waals surface area contributed by atoms with Crippen LogP contribution in [0.4, 0.5) is 0 Å². The van der Waals surface area contributed by atoms with E-state index in [1.807, 2.05) is 0 Å². The first-order valence-corrected chi connectivity index (χ1v) is 2.99. The molecule has 1 atom stereocenters. The van der Waals surface area contributed by atoms with Crippen molar-refractivity contribution in [2.24, 2.45) is 0 Å². The summed E-state index contributed by atoms with van der Waals surface area (Å²) in [4.78, 5) is 0. The van der Waals surface area contributed by atoms with Gasteiger partial charge in [0.25, 0.3) is 0 Å². The van der Waals surface area contributed by atoms with Gasteiger partial charge in [0.05, 0.1) is 14.1 Å². The number of likely N-dealkylation sites (N-methyl/N-ethyl adjacent to an activating group) is 1. The lowest BCUT2D eigenvalue weighted by molar-refractivity contribution is -0.769. The van der Waals surface area contributed by atoms with E-state index in [0.29, 0.717) is 0 Å². The molecule has 0 amide bonds. The van der Waals surface area contributed by atoms with Crippen LogP contribution in [0.3, 0.4) is 0 Å². The number of rotatable bonds is 1. The fourth-order valence-corrected chi connectivity index (χ4v) is 1.12. The normalized spacial score (nSPS) is 35.6. The Morgan fingerprint density at radius 1 is 1.57 bits per heavy atom. The summed E-state index contributed by atoms with van der Waals surface area (Å²) in [6, 6.07) is 0.986. The molecule has 0 unspecified atom stereocenters. The fourth-order valence-electron chi connectivity index (χ4n) is 1.12. The van der Waals surface area contributed by atoms with E-state index in [4.69, 9.17) is 0 Å². The van der Waals surface area contributed by atoms with E-state index in [1.165, 1.54) is 17.4 Å². The van der Waals surface area contributed by atoms with E-state index in [-0.39, 0.29) is 0 Å². The Morgan fingerprint density at radius 3 is 2.00 bits per heavy atom. The number of quaternary nitrogens is 1. The van der Waals surface area contributed by atoms with Gasteiger partial charge in [-0.15, -0.1) is 0 Å². The molecule has 1 aliphatic rings. The van der Waals surface area contributed by atoms with Crippen molar-refractivity contribution in [2.45, 2.75) is 19.4 Å². The van der Waals surface area contributed by atoms with Crippen molar-refractivity contribution in [1.29, 1.82) is 0 Å². The van der Waals surface area contributed by atoms with Gasteiger partial charge in [0.15, 0.2) is 0 Å². The second kappa shape index (κ2) is 1.22. The van der Waals surface area contributed by atoms with E-state index >= 15 is 0 Å². The van der Waals surface area contributed by atoms with Gasteiger partial charge < -0.3 is 4.48 Å². The molecule has 0 aromatic heterocycles. The van der Waals surface area contributed by atoms with Crippen LogP contribution in [0.5, 0.6) is 0 Å². The maximum absolute atomic E-state index is 2.29. The summed E-state index contributed by atoms with van der Waals surface area (Å²) in [6.07, 6.45) is 1.35. The average Bonchev–Trinajstić information content (AvgIpc) is 2.13. The van der Waals surface area contributed by atoms with Gasteiger partial charge in [-0.3, -0.25) is 0 Å². The Bertz CT molecular complexity index is 76.2. The van der Waals surface area contributed by atoms with Crippen LogP contribution in [0.25, 0.3) is 0 Å². The van der Waals surface area contributed by atoms with Crippen molar-refractivity contribution in [1.82, 2.24) is 0 Å². The van der Waals surface area contributed by atoms with Gasteiger partial charge in [0, 0.05) is 6.42 Å². The molecule has 0 aliphatic carbocycles. The molecule has 1 rings (SSSR count). The van der Waals surface area contributed by atoms with Crippen LogP contribution >= 0.6 is 0 Å². The SMILES string of the molecule is CC[C@H]1C[N+]1(C)C. The first-order chi connectivity index (χ1) is 3.17. The minimum absolute atomic E-state index is 0.986. The van der Waals surface area contributed by atoms with E-state index in [9.17, 15) is 0 Å². The first-order valence-electron chi connectivity index (χ1n) is 2.99.